The van der Waals surface area contributed by atoms with E-state index in [-0.39, 0.29) is 30.8 Å². The van der Waals surface area contributed by atoms with E-state index in [4.69, 9.17) is 0 Å². The molecular formula is C14H15BrN4O4. The van der Waals surface area contributed by atoms with Gasteiger partial charge in [0.2, 0.25) is 0 Å². The molecule has 0 aliphatic carbocycles. The Bertz CT molecular complexity index is 788. The van der Waals surface area contributed by atoms with Gasteiger partial charge in [0.1, 0.15) is 11.6 Å². The first-order valence-corrected chi connectivity index (χ1v) is 7.87. The van der Waals surface area contributed by atoms with Crippen LogP contribution in [0.15, 0.2) is 15.3 Å². The molecule has 3 heterocycles. The molecule has 0 aromatic carbocycles. The number of carbonyl (C=O) groups is 3. The highest BCUT2D eigenvalue weighted by Gasteiger charge is 2.43. The third kappa shape index (κ3) is 2.44. The quantitative estimate of drug-likeness (QED) is 0.682. The number of fused-ring (bicyclic) bond motifs is 1. The molecule has 9 heteroatoms. The fourth-order valence-electron chi connectivity index (χ4n) is 2.81. The largest absolute Gasteiger partial charge is 0.334 e. The second-order valence-corrected chi connectivity index (χ2v) is 6.46. The average Bonchev–Trinajstić information content (AvgIpc) is 2.82. The maximum absolute atomic E-state index is 12.7. The van der Waals surface area contributed by atoms with Gasteiger partial charge >= 0.3 is 6.03 Å². The van der Waals surface area contributed by atoms with Gasteiger partial charge in [-0.3, -0.25) is 19.7 Å². The number of amides is 4. The Balaban J connectivity index is 1.89. The van der Waals surface area contributed by atoms with Gasteiger partial charge < -0.3 is 14.4 Å². The fraction of sp³-hybridized carbons (Fsp3) is 0.429. The van der Waals surface area contributed by atoms with Crippen molar-refractivity contribution in [2.24, 2.45) is 7.05 Å². The smallest absolute Gasteiger partial charge is 0.324 e. The van der Waals surface area contributed by atoms with Crippen molar-refractivity contribution in [1.29, 1.82) is 0 Å². The molecule has 2 aliphatic heterocycles. The van der Waals surface area contributed by atoms with Gasteiger partial charge in [0.05, 0.1) is 6.54 Å². The van der Waals surface area contributed by atoms with Crippen molar-refractivity contribution in [3.05, 3.63) is 32.2 Å². The Hall–Kier alpha value is -2.16. The average molecular weight is 383 g/mol. The minimum atomic E-state index is -0.682. The zero-order valence-electron chi connectivity index (χ0n) is 12.6. The molecule has 0 bridgehead atoms. The summed E-state index contributed by atoms with van der Waals surface area (Å²) in [4.78, 5) is 51.2. The van der Waals surface area contributed by atoms with Crippen LogP contribution < -0.4 is 10.9 Å². The van der Waals surface area contributed by atoms with Gasteiger partial charge in [-0.25, -0.2) is 4.79 Å². The first kappa shape index (κ1) is 15.7. The molecule has 1 atom stereocenters. The summed E-state index contributed by atoms with van der Waals surface area (Å²) in [5, 5.41) is 2.23. The van der Waals surface area contributed by atoms with E-state index in [0.29, 0.717) is 4.47 Å². The van der Waals surface area contributed by atoms with E-state index < -0.39 is 23.9 Å². The van der Waals surface area contributed by atoms with Crippen LogP contribution in [-0.4, -0.2) is 57.9 Å². The van der Waals surface area contributed by atoms with Crippen LogP contribution in [0.3, 0.4) is 0 Å². The number of pyridine rings is 1. The number of piperazine rings is 1. The van der Waals surface area contributed by atoms with E-state index in [2.05, 4.69) is 21.2 Å². The monoisotopic (exact) mass is 382 g/mol. The molecule has 2 saturated heterocycles. The van der Waals surface area contributed by atoms with Gasteiger partial charge in [0.25, 0.3) is 17.4 Å². The normalized spacial score (nSPS) is 20.6. The SMILES string of the molecule is Cc1c(Br)cc(C(=O)N2CCN3C(=O)NC(=O)C3C2)c(=O)n1C. The van der Waals surface area contributed by atoms with Gasteiger partial charge in [0, 0.05) is 30.3 Å². The summed E-state index contributed by atoms with van der Waals surface area (Å²) in [6.07, 6.45) is 0. The molecule has 2 aliphatic rings. The number of hydrogen-bond acceptors (Lipinski definition) is 4. The second-order valence-electron chi connectivity index (χ2n) is 5.61. The zero-order valence-corrected chi connectivity index (χ0v) is 14.2. The maximum Gasteiger partial charge on any atom is 0.324 e. The van der Waals surface area contributed by atoms with Gasteiger partial charge in [-0.05, 0) is 28.9 Å². The Kier molecular flexibility index (Phi) is 3.75. The standard InChI is InChI=1S/C14H15BrN4O4/c1-7-9(15)5-8(12(21)17(7)2)13(22)18-3-4-19-10(6-18)11(20)16-14(19)23/h5,10H,3-4,6H2,1-2H3,(H,16,20,23). The lowest BCUT2D eigenvalue weighted by Gasteiger charge is -2.35. The van der Waals surface area contributed by atoms with Crippen molar-refractivity contribution in [3.8, 4) is 0 Å². The van der Waals surface area contributed by atoms with Crippen molar-refractivity contribution < 1.29 is 14.4 Å². The molecule has 3 rings (SSSR count). The van der Waals surface area contributed by atoms with Crippen molar-refractivity contribution in [3.63, 3.8) is 0 Å². The van der Waals surface area contributed by atoms with Crippen LogP contribution in [0.2, 0.25) is 0 Å². The van der Waals surface area contributed by atoms with Crippen LogP contribution in [0.5, 0.6) is 0 Å². The number of halogens is 1. The first-order valence-electron chi connectivity index (χ1n) is 7.08. The van der Waals surface area contributed by atoms with Crippen molar-refractivity contribution >= 4 is 33.8 Å². The molecule has 23 heavy (non-hydrogen) atoms. The van der Waals surface area contributed by atoms with Crippen LogP contribution >= 0.6 is 15.9 Å². The number of hydrogen-bond donors (Lipinski definition) is 1. The summed E-state index contributed by atoms with van der Waals surface area (Å²) in [6.45, 7) is 2.41. The van der Waals surface area contributed by atoms with E-state index in [1.54, 1.807) is 14.0 Å². The summed E-state index contributed by atoms with van der Waals surface area (Å²) >= 11 is 3.34. The molecule has 1 N–H and O–H groups in total. The number of nitrogens with one attached hydrogen (secondary N) is 1. The highest BCUT2D eigenvalue weighted by atomic mass is 79.9. The zero-order chi connectivity index (χ0) is 16.9. The first-order chi connectivity index (χ1) is 10.8. The number of aromatic nitrogens is 1. The highest BCUT2D eigenvalue weighted by Crippen LogP contribution is 2.19. The molecule has 2 fully saturated rings. The van der Waals surface area contributed by atoms with Crippen LogP contribution in [0.1, 0.15) is 16.1 Å². The van der Waals surface area contributed by atoms with Gasteiger partial charge in [-0.2, -0.15) is 0 Å². The van der Waals surface area contributed by atoms with Gasteiger partial charge in [-0.15, -0.1) is 0 Å². The number of nitrogens with zero attached hydrogens (tertiary/aromatic N) is 3. The van der Waals surface area contributed by atoms with Gasteiger partial charge in [-0.1, -0.05) is 0 Å². The summed E-state index contributed by atoms with van der Waals surface area (Å²) < 4.78 is 2.06. The molecule has 1 aromatic heterocycles. The van der Waals surface area contributed by atoms with E-state index >= 15 is 0 Å². The summed E-state index contributed by atoms with van der Waals surface area (Å²) in [5.41, 5.74) is 0.380. The molecule has 1 aromatic rings. The number of carbonyl (C=O) groups excluding carboxylic acids is 3. The van der Waals surface area contributed by atoms with Crippen LogP contribution in [0, 0.1) is 6.92 Å². The van der Waals surface area contributed by atoms with Crippen molar-refractivity contribution in [2.45, 2.75) is 13.0 Å². The summed E-state index contributed by atoms with van der Waals surface area (Å²) in [6, 6.07) is 0.394. The third-order valence-corrected chi connectivity index (χ3v) is 5.15. The van der Waals surface area contributed by atoms with Crippen molar-refractivity contribution in [1.82, 2.24) is 19.7 Å². The van der Waals surface area contributed by atoms with E-state index in [0.717, 1.165) is 5.69 Å². The molecule has 0 radical (unpaired) electrons. The topological polar surface area (TPSA) is 91.7 Å². The Morgan fingerprint density at radius 3 is 2.70 bits per heavy atom. The molecule has 0 spiro atoms. The van der Waals surface area contributed by atoms with Crippen LogP contribution in [0.25, 0.3) is 0 Å². The molecular weight excluding hydrogens is 368 g/mol. The summed E-state index contributed by atoms with van der Waals surface area (Å²) in [7, 11) is 1.60. The molecule has 122 valence electrons. The van der Waals surface area contributed by atoms with Gasteiger partial charge in [0.15, 0.2) is 0 Å². The van der Waals surface area contributed by atoms with Crippen molar-refractivity contribution in [2.75, 3.05) is 19.6 Å². The van der Waals surface area contributed by atoms with E-state index in [9.17, 15) is 19.2 Å². The molecule has 4 amide bonds. The molecule has 1 unspecified atom stereocenters. The van der Waals surface area contributed by atoms with E-state index in [1.807, 2.05) is 0 Å². The minimum Gasteiger partial charge on any atom is -0.334 e. The second kappa shape index (κ2) is 5.48. The molecule has 8 nitrogen and oxygen atoms in total. The number of urea groups is 1. The Morgan fingerprint density at radius 2 is 2.00 bits per heavy atom. The summed E-state index contributed by atoms with van der Waals surface area (Å²) in [5.74, 6) is -0.844. The number of imide groups is 1. The lowest BCUT2D eigenvalue weighted by atomic mass is 10.1. The predicted molar refractivity (Wildman–Crippen MR) is 84.1 cm³/mol. The lowest BCUT2D eigenvalue weighted by Crippen LogP contribution is -2.55. The highest BCUT2D eigenvalue weighted by molar-refractivity contribution is 9.10. The Morgan fingerprint density at radius 1 is 1.30 bits per heavy atom. The van der Waals surface area contributed by atoms with Crippen LogP contribution in [-0.2, 0) is 11.8 Å². The number of rotatable bonds is 1. The maximum atomic E-state index is 12.7. The van der Waals surface area contributed by atoms with Crippen LogP contribution in [0.4, 0.5) is 4.79 Å². The predicted octanol–water partition coefficient (Wildman–Crippen LogP) is -0.168. The fourth-order valence-corrected chi connectivity index (χ4v) is 3.30. The lowest BCUT2D eigenvalue weighted by molar-refractivity contribution is -0.122. The minimum absolute atomic E-state index is 0.0446. The Labute approximate surface area is 140 Å². The third-order valence-electron chi connectivity index (χ3n) is 4.35. The van der Waals surface area contributed by atoms with E-state index in [1.165, 1.54) is 20.4 Å². The molecule has 0 saturated carbocycles.